The van der Waals surface area contributed by atoms with Gasteiger partial charge in [-0.3, -0.25) is 4.79 Å². The van der Waals surface area contributed by atoms with Crippen LogP contribution in [0.4, 0.5) is 0 Å². The normalized spacial score (nSPS) is 11.7. The fraction of sp³-hybridized carbons (Fsp3) is 0.350. The molecule has 2 rings (SSSR count). The number of rotatable bonds is 8. The Kier molecular flexibility index (Phi) is 7.14. The van der Waals surface area contributed by atoms with Crippen LogP contribution in [0.3, 0.4) is 0 Å². The second kappa shape index (κ2) is 9.33. The molecule has 2 aromatic carbocycles. The Labute approximate surface area is 154 Å². The molecule has 0 aromatic heterocycles. The van der Waals surface area contributed by atoms with Gasteiger partial charge in [-0.1, -0.05) is 23.7 Å². The molecular weight excluding hydrogens is 338 g/mol. The smallest absolute Gasteiger partial charge is 0.260 e. The molecule has 25 heavy (non-hydrogen) atoms. The lowest BCUT2D eigenvalue weighted by Gasteiger charge is -2.15. The molecule has 134 valence electrons. The van der Waals surface area contributed by atoms with Crippen molar-refractivity contribution in [3.8, 4) is 11.5 Å². The average Bonchev–Trinajstić information content (AvgIpc) is 2.61. The number of ether oxygens (including phenoxy) is 2. The molecule has 0 aliphatic heterocycles. The quantitative estimate of drug-likeness (QED) is 0.718. The van der Waals surface area contributed by atoms with E-state index in [-0.39, 0.29) is 5.91 Å². The second-order valence-corrected chi connectivity index (χ2v) is 6.32. The minimum atomic E-state index is -0.558. The van der Waals surface area contributed by atoms with Crippen molar-refractivity contribution in [2.24, 2.45) is 0 Å². The highest BCUT2D eigenvalue weighted by atomic mass is 35.5. The molecule has 2 aromatic rings. The lowest BCUT2D eigenvalue weighted by molar-refractivity contribution is -0.127. The van der Waals surface area contributed by atoms with Gasteiger partial charge in [0.2, 0.25) is 0 Å². The van der Waals surface area contributed by atoms with E-state index in [1.807, 2.05) is 31.2 Å². The van der Waals surface area contributed by atoms with E-state index in [0.717, 1.165) is 24.2 Å². The van der Waals surface area contributed by atoms with Crippen molar-refractivity contribution in [3.05, 3.63) is 58.6 Å². The highest BCUT2D eigenvalue weighted by Gasteiger charge is 2.14. The van der Waals surface area contributed by atoms with Crippen molar-refractivity contribution < 1.29 is 14.3 Å². The summed E-state index contributed by atoms with van der Waals surface area (Å²) in [6, 6.07) is 13.3. The molecule has 0 saturated heterocycles. The van der Waals surface area contributed by atoms with E-state index in [9.17, 15) is 4.79 Å². The summed E-state index contributed by atoms with van der Waals surface area (Å²) in [5.41, 5.74) is 2.11. The molecule has 1 N–H and O–H groups in total. The first-order valence-electron chi connectivity index (χ1n) is 8.33. The van der Waals surface area contributed by atoms with Gasteiger partial charge < -0.3 is 14.8 Å². The summed E-state index contributed by atoms with van der Waals surface area (Å²) in [4.78, 5) is 12.1. The number of halogens is 1. The predicted octanol–water partition coefficient (Wildman–Crippen LogP) is 4.17. The number of amides is 1. The van der Waals surface area contributed by atoms with E-state index in [1.54, 1.807) is 26.2 Å². The first-order valence-corrected chi connectivity index (χ1v) is 8.71. The number of carbonyl (C=O) groups is 1. The zero-order valence-corrected chi connectivity index (χ0v) is 15.6. The van der Waals surface area contributed by atoms with Crippen molar-refractivity contribution >= 4 is 17.5 Å². The van der Waals surface area contributed by atoms with Crippen LogP contribution in [0, 0.1) is 6.92 Å². The van der Waals surface area contributed by atoms with E-state index in [4.69, 9.17) is 21.1 Å². The van der Waals surface area contributed by atoms with Gasteiger partial charge in [-0.05, 0) is 68.1 Å². The topological polar surface area (TPSA) is 47.6 Å². The standard InChI is InChI=1S/C20H24ClNO3/c1-14-12-18(9-10-19(14)21)25-15(2)20(23)22-11-5-7-16-6-4-8-17(13-16)24-3/h4,6,8-10,12-13,15H,5,7,11H2,1-3H3,(H,22,23). The van der Waals surface area contributed by atoms with Crippen LogP contribution < -0.4 is 14.8 Å². The Bertz CT molecular complexity index is 718. The maximum absolute atomic E-state index is 12.1. The first-order chi connectivity index (χ1) is 12.0. The van der Waals surface area contributed by atoms with Gasteiger partial charge in [0.15, 0.2) is 6.10 Å². The molecule has 0 radical (unpaired) electrons. The number of carbonyl (C=O) groups excluding carboxylic acids is 1. The van der Waals surface area contributed by atoms with Crippen molar-refractivity contribution in [2.75, 3.05) is 13.7 Å². The average molecular weight is 362 g/mol. The van der Waals surface area contributed by atoms with Gasteiger partial charge in [0.25, 0.3) is 5.91 Å². The van der Waals surface area contributed by atoms with Gasteiger partial charge in [-0.2, -0.15) is 0 Å². The van der Waals surface area contributed by atoms with Crippen LogP contribution in [-0.2, 0) is 11.2 Å². The van der Waals surface area contributed by atoms with Crippen LogP contribution in [-0.4, -0.2) is 25.7 Å². The van der Waals surface area contributed by atoms with Gasteiger partial charge in [-0.15, -0.1) is 0 Å². The Hall–Kier alpha value is -2.20. The molecule has 1 atom stereocenters. The van der Waals surface area contributed by atoms with Gasteiger partial charge in [0.1, 0.15) is 11.5 Å². The maximum Gasteiger partial charge on any atom is 0.260 e. The van der Waals surface area contributed by atoms with Crippen LogP contribution in [0.5, 0.6) is 11.5 Å². The molecule has 0 saturated carbocycles. The Morgan fingerprint density at radius 2 is 2.00 bits per heavy atom. The van der Waals surface area contributed by atoms with Gasteiger partial charge in [0, 0.05) is 11.6 Å². The van der Waals surface area contributed by atoms with Crippen molar-refractivity contribution in [3.63, 3.8) is 0 Å². The monoisotopic (exact) mass is 361 g/mol. The molecule has 0 bridgehead atoms. The molecular formula is C20H24ClNO3. The largest absolute Gasteiger partial charge is 0.497 e. The molecule has 1 unspecified atom stereocenters. The lowest BCUT2D eigenvalue weighted by atomic mass is 10.1. The summed E-state index contributed by atoms with van der Waals surface area (Å²) in [6.45, 7) is 4.24. The lowest BCUT2D eigenvalue weighted by Crippen LogP contribution is -2.36. The zero-order chi connectivity index (χ0) is 18.2. The fourth-order valence-corrected chi connectivity index (χ4v) is 2.54. The third-order valence-electron chi connectivity index (χ3n) is 3.89. The summed E-state index contributed by atoms with van der Waals surface area (Å²) < 4.78 is 10.9. The fourth-order valence-electron chi connectivity index (χ4n) is 2.42. The van der Waals surface area contributed by atoms with Crippen LogP contribution in [0.15, 0.2) is 42.5 Å². The first kappa shape index (κ1) is 19.1. The highest BCUT2D eigenvalue weighted by molar-refractivity contribution is 6.31. The van der Waals surface area contributed by atoms with Crippen LogP contribution in [0.1, 0.15) is 24.5 Å². The molecule has 0 heterocycles. The maximum atomic E-state index is 12.1. The van der Waals surface area contributed by atoms with Crippen molar-refractivity contribution in [1.82, 2.24) is 5.32 Å². The van der Waals surface area contributed by atoms with E-state index in [0.29, 0.717) is 17.3 Å². The van der Waals surface area contributed by atoms with E-state index in [2.05, 4.69) is 11.4 Å². The number of hydrogen-bond donors (Lipinski definition) is 1. The molecule has 5 heteroatoms. The van der Waals surface area contributed by atoms with Crippen LogP contribution >= 0.6 is 11.6 Å². The molecule has 1 amide bonds. The van der Waals surface area contributed by atoms with Gasteiger partial charge in [-0.25, -0.2) is 0 Å². The summed E-state index contributed by atoms with van der Waals surface area (Å²) in [6.07, 6.45) is 1.17. The SMILES string of the molecule is COc1cccc(CCCNC(=O)C(C)Oc2ccc(Cl)c(C)c2)c1. The van der Waals surface area contributed by atoms with Crippen molar-refractivity contribution in [1.29, 1.82) is 0 Å². The summed E-state index contributed by atoms with van der Waals surface area (Å²) in [7, 11) is 1.66. The van der Waals surface area contributed by atoms with E-state index < -0.39 is 6.10 Å². The van der Waals surface area contributed by atoms with Crippen molar-refractivity contribution in [2.45, 2.75) is 32.8 Å². The summed E-state index contributed by atoms with van der Waals surface area (Å²) >= 11 is 5.99. The molecule has 0 aliphatic carbocycles. The number of aryl methyl sites for hydroxylation is 2. The van der Waals surface area contributed by atoms with E-state index >= 15 is 0 Å². The van der Waals surface area contributed by atoms with E-state index in [1.165, 1.54) is 5.56 Å². The van der Waals surface area contributed by atoms with Gasteiger partial charge in [0.05, 0.1) is 7.11 Å². The Morgan fingerprint density at radius 3 is 2.72 bits per heavy atom. The molecule has 0 fully saturated rings. The number of methoxy groups -OCH3 is 1. The number of nitrogens with one attached hydrogen (secondary N) is 1. The summed E-state index contributed by atoms with van der Waals surface area (Å²) in [5, 5.41) is 3.59. The number of hydrogen-bond acceptors (Lipinski definition) is 3. The predicted molar refractivity (Wildman–Crippen MR) is 101 cm³/mol. The minimum Gasteiger partial charge on any atom is -0.497 e. The van der Waals surface area contributed by atoms with Crippen LogP contribution in [0.25, 0.3) is 0 Å². The van der Waals surface area contributed by atoms with Crippen LogP contribution in [0.2, 0.25) is 5.02 Å². The van der Waals surface area contributed by atoms with Gasteiger partial charge >= 0.3 is 0 Å². The molecule has 4 nitrogen and oxygen atoms in total. The molecule has 0 spiro atoms. The minimum absolute atomic E-state index is 0.127. The highest BCUT2D eigenvalue weighted by Crippen LogP contribution is 2.21. The number of benzene rings is 2. The third kappa shape index (κ3) is 5.98. The second-order valence-electron chi connectivity index (χ2n) is 5.92. The molecule has 0 aliphatic rings. The third-order valence-corrected chi connectivity index (χ3v) is 4.31. The Balaban J connectivity index is 1.74. The Morgan fingerprint density at radius 1 is 1.20 bits per heavy atom. The zero-order valence-electron chi connectivity index (χ0n) is 14.8. The summed E-state index contributed by atoms with van der Waals surface area (Å²) in [5.74, 6) is 1.36.